The third kappa shape index (κ3) is 2.87. The van der Waals surface area contributed by atoms with E-state index in [-0.39, 0.29) is 17.0 Å². The SMILES string of the molecule is N[C@H](c1cc(C(=O)O)cc(F)c1O)C1CCCCC1. The molecule has 1 atom stereocenters. The van der Waals surface area contributed by atoms with Crippen molar-refractivity contribution < 1.29 is 19.4 Å². The van der Waals surface area contributed by atoms with Gasteiger partial charge in [-0.05, 0) is 30.9 Å². The van der Waals surface area contributed by atoms with E-state index in [0.717, 1.165) is 31.7 Å². The van der Waals surface area contributed by atoms with E-state index in [1.165, 1.54) is 12.5 Å². The van der Waals surface area contributed by atoms with Gasteiger partial charge in [0.15, 0.2) is 11.6 Å². The fraction of sp³-hybridized carbons (Fsp3) is 0.500. The lowest BCUT2D eigenvalue weighted by atomic mass is 9.81. The van der Waals surface area contributed by atoms with E-state index >= 15 is 0 Å². The molecule has 4 N–H and O–H groups in total. The van der Waals surface area contributed by atoms with Gasteiger partial charge in [0, 0.05) is 11.6 Å². The van der Waals surface area contributed by atoms with E-state index in [1.54, 1.807) is 0 Å². The smallest absolute Gasteiger partial charge is 0.335 e. The molecule has 5 heteroatoms. The van der Waals surface area contributed by atoms with E-state index < -0.39 is 23.6 Å². The Morgan fingerprint density at radius 2 is 1.95 bits per heavy atom. The van der Waals surface area contributed by atoms with Gasteiger partial charge in [-0.3, -0.25) is 0 Å². The molecule has 0 unspecified atom stereocenters. The number of carboxylic acid groups (broad SMARTS) is 1. The molecule has 1 aromatic carbocycles. The first kappa shape index (κ1) is 13.8. The van der Waals surface area contributed by atoms with Crippen LogP contribution in [0.2, 0.25) is 0 Å². The van der Waals surface area contributed by atoms with Crippen LogP contribution in [0.4, 0.5) is 4.39 Å². The average molecular weight is 267 g/mol. The second kappa shape index (κ2) is 5.57. The lowest BCUT2D eigenvalue weighted by molar-refractivity contribution is 0.0696. The predicted octanol–water partition coefficient (Wildman–Crippen LogP) is 2.81. The summed E-state index contributed by atoms with van der Waals surface area (Å²) >= 11 is 0. The van der Waals surface area contributed by atoms with E-state index in [9.17, 15) is 14.3 Å². The molecule has 0 radical (unpaired) electrons. The molecule has 1 aromatic rings. The maximum Gasteiger partial charge on any atom is 0.335 e. The molecule has 1 aliphatic rings. The van der Waals surface area contributed by atoms with Crippen molar-refractivity contribution in [2.24, 2.45) is 11.7 Å². The Labute approximate surface area is 111 Å². The van der Waals surface area contributed by atoms with Crippen molar-refractivity contribution >= 4 is 5.97 Å². The van der Waals surface area contributed by atoms with Crippen LogP contribution in [-0.4, -0.2) is 16.2 Å². The Morgan fingerprint density at radius 3 is 2.53 bits per heavy atom. The summed E-state index contributed by atoms with van der Waals surface area (Å²) < 4.78 is 13.6. The molecular weight excluding hydrogens is 249 g/mol. The third-order valence-electron chi connectivity index (χ3n) is 3.86. The zero-order chi connectivity index (χ0) is 14.0. The molecule has 104 valence electrons. The molecule has 1 saturated carbocycles. The van der Waals surface area contributed by atoms with E-state index in [0.29, 0.717) is 0 Å². The lowest BCUT2D eigenvalue weighted by Crippen LogP contribution is -2.24. The number of carbonyl (C=O) groups is 1. The second-order valence-electron chi connectivity index (χ2n) is 5.12. The molecule has 0 aliphatic heterocycles. The number of hydrogen-bond donors (Lipinski definition) is 3. The summed E-state index contributed by atoms with van der Waals surface area (Å²) in [4.78, 5) is 10.9. The van der Waals surface area contributed by atoms with Gasteiger partial charge in [-0.15, -0.1) is 0 Å². The number of rotatable bonds is 3. The molecule has 4 nitrogen and oxygen atoms in total. The minimum Gasteiger partial charge on any atom is -0.505 e. The molecule has 0 spiro atoms. The molecule has 1 fully saturated rings. The zero-order valence-corrected chi connectivity index (χ0v) is 10.6. The van der Waals surface area contributed by atoms with Crippen LogP contribution >= 0.6 is 0 Å². The fourth-order valence-corrected chi connectivity index (χ4v) is 2.75. The van der Waals surface area contributed by atoms with E-state index in [4.69, 9.17) is 10.8 Å². The summed E-state index contributed by atoms with van der Waals surface area (Å²) in [5, 5.41) is 18.7. The van der Waals surface area contributed by atoms with Crippen LogP contribution in [0.1, 0.15) is 54.1 Å². The van der Waals surface area contributed by atoms with Crippen molar-refractivity contribution in [2.45, 2.75) is 38.1 Å². The number of phenols is 1. The molecule has 0 amide bonds. The summed E-state index contributed by atoms with van der Waals surface area (Å²) in [6.45, 7) is 0. The summed E-state index contributed by atoms with van der Waals surface area (Å²) in [7, 11) is 0. The quantitative estimate of drug-likeness (QED) is 0.786. The lowest BCUT2D eigenvalue weighted by Gasteiger charge is -2.28. The van der Waals surface area contributed by atoms with Crippen LogP contribution < -0.4 is 5.73 Å². The summed E-state index contributed by atoms with van der Waals surface area (Å²) in [5.74, 6) is -2.51. The minimum absolute atomic E-state index is 0.170. The molecule has 0 aromatic heterocycles. The van der Waals surface area contributed by atoms with Crippen LogP contribution in [0.25, 0.3) is 0 Å². The van der Waals surface area contributed by atoms with Crippen LogP contribution in [0.3, 0.4) is 0 Å². The zero-order valence-electron chi connectivity index (χ0n) is 10.6. The summed E-state index contributed by atoms with van der Waals surface area (Å²) in [6.07, 6.45) is 5.16. The highest BCUT2D eigenvalue weighted by Gasteiger charge is 2.26. The fourth-order valence-electron chi connectivity index (χ4n) is 2.75. The number of carboxylic acids is 1. The number of nitrogens with two attached hydrogens (primary N) is 1. The number of phenolic OH excluding ortho intramolecular Hbond substituents is 1. The number of benzene rings is 1. The number of hydrogen-bond acceptors (Lipinski definition) is 3. The predicted molar refractivity (Wildman–Crippen MR) is 68.5 cm³/mol. The van der Waals surface area contributed by atoms with Gasteiger partial charge >= 0.3 is 5.97 Å². The first-order chi connectivity index (χ1) is 9.00. The average Bonchev–Trinajstić information content (AvgIpc) is 2.41. The van der Waals surface area contributed by atoms with Crippen LogP contribution in [-0.2, 0) is 0 Å². The van der Waals surface area contributed by atoms with Crippen molar-refractivity contribution in [3.8, 4) is 5.75 Å². The molecule has 0 heterocycles. The normalized spacial score (nSPS) is 18.2. The third-order valence-corrected chi connectivity index (χ3v) is 3.86. The van der Waals surface area contributed by atoms with Gasteiger partial charge in [0.1, 0.15) is 0 Å². The van der Waals surface area contributed by atoms with Gasteiger partial charge in [0.25, 0.3) is 0 Å². The van der Waals surface area contributed by atoms with Crippen molar-refractivity contribution in [3.05, 3.63) is 29.1 Å². The molecule has 0 saturated heterocycles. The maximum absolute atomic E-state index is 13.6. The molecule has 0 bridgehead atoms. The summed E-state index contributed by atoms with van der Waals surface area (Å²) in [5.41, 5.74) is 6.10. The topological polar surface area (TPSA) is 83.6 Å². The largest absolute Gasteiger partial charge is 0.505 e. The van der Waals surface area contributed by atoms with Gasteiger partial charge in [-0.1, -0.05) is 19.3 Å². The number of aromatic carboxylic acids is 1. The molecule has 2 rings (SSSR count). The standard InChI is InChI=1S/C14H18FNO3/c15-11-7-9(14(18)19)6-10(13(11)17)12(16)8-4-2-1-3-5-8/h6-8,12,17H,1-5,16H2,(H,18,19)/t12-/m0/s1. The van der Waals surface area contributed by atoms with Crippen molar-refractivity contribution in [2.75, 3.05) is 0 Å². The molecule has 1 aliphatic carbocycles. The number of halogens is 1. The first-order valence-corrected chi connectivity index (χ1v) is 6.52. The van der Waals surface area contributed by atoms with Gasteiger partial charge in [0.05, 0.1) is 5.56 Å². The highest BCUT2D eigenvalue weighted by atomic mass is 19.1. The van der Waals surface area contributed by atoms with Crippen LogP contribution in [0, 0.1) is 11.7 Å². The van der Waals surface area contributed by atoms with E-state index in [2.05, 4.69) is 0 Å². The highest BCUT2D eigenvalue weighted by molar-refractivity contribution is 5.88. The number of aromatic hydroxyl groups is 1. The van der Waals surface area contributed by atoms with Crippen molar-refractivity contribution in [3.63, 3.8) is 0 Å². The van der Waals surface area contributed by atoms with E-state index in [1.807, 2.05) is 0 Å². The van der Waals surface area contributed by atoms with Crippen LogP contribution in [0.15, 0.2) is 12.1 Å². The van der Waals surface area contributed by atoms with Crippen molar-refractivity contribution in [1.29, 1.82) is 0 Å². The second-order valence-corrected chi connectivity index (χ2v) is 5.12. The maximum atomic E-state index is 13.6. The van der Waals surface area contributed by atoms with Crippen molar-refractivity contribution in [1.82, 2.24) is 0 Å². The summed E-state index contributed by atoms with van der Waals surface area (Å²) in [6, 6.07) is 1.57. The first-order valence-electron chi connectivity index (χ1n) is 6.52. The molecule has 19 heavy (non-hydrogen) atoms. The van der Waals surface area contributed by atoms with Gasteiger partial charge in [-0.25, -0.2) is 9.18 Å². The van der Waals surface area contributed by atoms with Gasteiger partial charge < -0.3 is 15.9 Å². The Bertz CT molecular complexity index is 484. The Morgan fingerprint density at radius 1 is 1.32 bits per heavy atom. The van der Waals surface area contributed by atoms with Crippen LogP contribution in [0.5, 0.6) is 5.75 Å². The van der Waals surface area contributed by atoms with Gasteiger partial charge in [-0.2, -0.15) is 0 Å². The molecular formula is C14H18FNO3. The van der Waals surface area contributed by atoms with Gasteiger partial charge in [0.2, 0.25) is 0 Å². The highest BCUT2D eigenvalue weighted by Crippen LogP contribution is 2.37. The Kier molecular flexibility index (Phi) is 4.04. The minimum atomic E-state index is -1.23. The monoisotopic (exact) mass is 267 g/mol. The Hall–Kier alpha value is -1.62. The Balaban J connectivity index is 2.34.